The van der Waals surface area contributed by atoms with Crippen LogP contribution in [0.4, 0.5) is 0 Å². The number of alkyl halides is 3. The van der Waals surface area contributed by atoms with Crippen LogP contribution in [0.25, 0.3) is 0 Å². The second-order valence-electron chi connectivity index (χ2n) is 3.82. The highest BCUT2D eigenvalue weighted by Gasteiger charge is 2.57. The zero-order valence-corrected chi connectivity index (χ0v) is 10.6. The Kier molecular flexibility index (Phi) is 4.10. The molecule has 0 radical (unpaired) electrons. The lowest BCUT2D eigenvalue weighted by atomic mass is 10.1. The molecule has 9 heteroatoms. The molecule has 0 aromatic carbocycles. The summed E-state index contributed by atoms with van der Waals surface area (Å²) in [5.74, 6) is 0. The van der Waals surface area contributed by atoms with Crippen molar-refractivity contribution < 1.29 is 29.5 Å². The van der Waals surface area contributed by atoms with E-state index in [0.29, 0.717) is 0 Å². The Hall–Kier alpha value is 0.630. The lowest BCUT2D eigenvalue weighted by Gasteiger charge is -2.24. The third-order valence-corrected chi connectivity index (χ3v) is 3.14. The molecule has 0 spiro atoms. The van der Waals surface area contributed by atoms with E-state index in [1.54, 1.807) is 0 Å². The summed E-state index contributed by atoms with van der Waals surface area (Å²) >= 11 is 16.7. The number of halogens is 3. The molecule has 100 valence electrons. The smallest absolute Gasteiger partial charge is 0.241 e. The molecule has 6 atom stereocenters. The first-order valence-electron chi connectivity index (χ1n) is 4.84. The van der Waals surface area contributed by atoms with Gasteiger partial charge in [-0.2, -0.15) is 0 Å². The summed E-state index contributed by atoms with van der Waals surface area (Å²) < 4.78 is 13.8. The van der Waals surface area contributed by atoms with E-state index in [4.69, 9.17) is 54.1 Å². The van der Waals surface area contributed by atoms with Gasteiger partial charge in [0.05, 0.1) is 6.61 Å². The standard InChI is InChI=1S/C8H11Cl3O6/c9-8(10,11)7-16-5-3(14)4(2(13)1-12)15-6(5)17-7/h2-7,12-14H,1H2/t2-,3-,4-,5-,6+,7+/m0/s1. The molecular formula is C8H11Cl3O6. The maximum Gasteiger partial charge on any atom is 0.241 e. The first kappa shape index (κ1) is 14.0. The summed E-state index contributed by atoms with van der Waals surface area (Å²) in [6, 6.07) is 0. The van der Waals surface area contributed by atoms with Crippen molar-refractivity contribution in [3.05, 3.63) is 0 Å². The van der Waals surface area contributed by atoms with Crippen molar-refractivity contribution in [2.45, 2.75) is 40.8 Å². The lowest BCUT2D eigenvalue weighted by molar-refractivity contribution is -0.188. The van der Waals surface area contributed by atoms with Crippen LogP contribution < -0.4 is 0 Å². The molecule has 0 saturated carbocycles. The Bertz CT molecular complexity index is 285. The van der Waals surface area contributed by atoms with E-state index >= 15 is 0 Å². The van der Waals surface area contributed by atoms with E-state index in [2.05, 4.69) is 0 Å². The molecule has 0 aromatic rings. The zero-order chi connectivity index (χ0) is 12.8. The molecule has 2 rings (SSSR count). The highest BCUT2D eigenvalue weighted by Crippen LogP contribution is 2.42. The van der Waals surface area contributed by atoms with Crippen LogP contribution in [-0.2, 0) is 14.2 Å². The van der Waals surface area contributed by atoms with Crippen LogP contribution in [0.3, 0.4) is 0 Å². The highest BCUT2D eigenvalue weighted by molar-refractivity contribution is 6.67. The Morgan fingerprint density at radius 3 is 2.29 bits per heavy atom. The number of aliphatic hydroxyl groups is 3. The molecule has 2 heterocycles. The molecule has 2 aliphatic rings. The lowest BCUT2D eigenvalue weighted by Crippen LogP contribution is -2.42. The summed E-state index contributed by atoms with van der Waals surface area (Å²) in [5.41, 5.74) is 0. The zero-order valence-electron chi connectivity index (χ0n) is 8.37. The minimum Gasteiger partial charge on any atom is -0.394 e. The molecule has 0 aliphatic carbocycles. The van der Waals surface area contributed by atoms with E-state index in [0.717, 1.165) is 0 Å². The van der Waals surface area contributed by atoms with Gasteiger partial charge in [-0.15, -0.1) is 0 Å². The molecule has 17 heavy (non-hydrogen) atoms. The molecule has 2 aliphatic heterocycles. The van der Waals surface area contributed by atoms with Crippen molar-refractivity contribution in [1.29, 1.82) is 0 Å². The summed E-state index contributed by atoms with van der Waals surface area (Å²) in [5, 5.41) is 28.0. The van der Waals surface area contributed by atoms with Crippen LogP contribution in [0.5, 0.6) is 0 Å². The molecule has 2 fully saturated rings. The maximum atomic E-state index is 9.81. The molecule has 0 bridgehead atoms. The van der Waals surface area contributed by atoms with Gasteiger partial charge in [0.1, 0.15) is 24.4 Å². The van der Waals surface area contributed by atoms with Crippen molar-refractivity contribution in [3.63, 3.8) is 0 Å². The van der Waals surface area contributed by atoms with Crippen LogP contribution in [0.2, 0.25) is 0 Å². The van der Waals surface area contributed by atoms with E-state index < -0.39 is 47.4 Å². The van der Waals surface area contributed by atoms with Gasteiger partial charge in [0.2, 0.25) is 10.1 Å². The first-order valence-corrected chi connectivity index (χ1v) is 5.98. The van der Waals surface area contributed by atoms with Gasteiger partial charge in [-0.25, -0.2) is 0 Å². The van der Waals surface area contributed by atoms with Crippen molar-refractivity contribution in [1.82, 2.24) is 0 Å². The van der Waals surface area contributed by atoms with Gasteiger partial charge in [0.15, 0.2) is 6.29 Å². The van der Waals surface area contributed by atoms with E-state index in [-0.39, 0.29) is 0 Å². The molecule has 0 unspecified atom stereocenters. The van der Waals surface area contributed by atoms with Crippen LogP contribution in [0.1, 0.15) is 0 Å². The second-order valence-corrected chi connectivity index (χ2v) is 6.19. The van der Waals surface area contributed by atoms with Crippen LogP contribution in [0.15, 0.2) is 0 Å². The first-order chi connectivity index (χ1) is 7.84. The van der Waals surface area contributed by atoms with Crippen molar-refractivity contribution in [2.24, 2.45) is 0 Å². The largest absolute Gasteiger partial charge is 0.394 e. The third kappa shape index (κ3) is 2.65. The average molecular weight is 310 g/mol. The fourth-order valence-corrected chi connectivity index (χ4v) is 2.10. The molecule has 3 N–H and O–H groups in total. The predicted molar refractivity (Wildman–Crippen MR) is 57.8 cm³/mol. The maximum absolute atomic E-state index is 9.81. The van der Waals surface area contributed by atoms with Gasteiger partial charge in [0, 0.05) is 0 Å². The summed E-state index contributed by atoms with van der Waals surface area (Å²) in [6.07, 6.45) is -6.33. The third-order valence-electron chi connectivity index (χ3n) is 2.60. The van der Waals surface area contributed by atoms with E-state index in [1.807, 2.05) is 0 Å². The van der Waals surface area contributed by atoms with Crippen molar-refractivity contribution in [3.8, 4) is 0 Å². The number of rotatable bonds is 2. The summed E-state index contributed by atoms with van der Waals surface area (Å²) in [6.45, 7) is -0.547. The number of hydrogen-bond acceptors (Lipinski definition) is 6. The SMILES string of the molecule is OC[C@H](O)[C@@H]1O[C@@H]2O[C@H](C(Cl)(Cl)Cl)O[C@H]2[C@H]1O. The Morgan fingerprint density at radius 2 is 1.82 bits per heavy atom. The van der Waals surface area contributed by atoms with Crippen molar-refractivity contribution >= 4 is 34.8 Å². The summed E-state index contributed by atoms with van der Waals surface area (Å²) in [4.78, 5) is 0. The Morgan fingerprint density at radius 1 is 1.18 bits per heavy atom. The monoisotopic (exact) mass is 308 g/mol. The number of aliphatic hydroxyl groups excluding tert-OH is 3. The van der Waals surface area contributed by atoms with Gasteiger partial charge >= 0.3 is 0 Å². The normalized spacial score (nSPS) is 43.8. The van der Waals surface area contributed by atoms with Gasteiger partial charge < -0.3 is 29.5 Å². The molecule has 0 aromatic heterocycles. The molecular weight excluding hydrogens is 298 g/mol. The van der Waals surface area contributed by atoms with Crippen LogP contribution >= 0.6 is 34.8 Å². The summed E-state index contributed by atoms with van der Waals surface area (Å²) in [7, 11) is 0. The Balaban J connectivity index is 2.01. The Labute approximate surface area is 112 Å². The van der Waals surface area contributed by atoms with Gasteiger partial charge in [-0.05, 0) is 0 Å². The highest BCUT2D eigenvalue weighted by atomic mass is 35.6. The predicted octanol–water partition coefficient (Wildman–Crippen LogP) is -0.463. The van der Waals surface area contributed by atoms with Crippen molar-refractivity contribution in [2.75, 3.05) is 6.61 Å². The van der Waals surface area contributed by atoms with Gasteiger partial charge in [-0.1, -0.05) is 34.8 Å². The molecule has 0 amide bonds. The number of fused-ring (bicyclic) bond motifs is 1. The molecule has 6 nitrogen and oxygen atoms in total. The number of ether oxygens (including phenoxy) is 3. The minimum atomic E-state index is -1.79. The van der Waals surface area contributed by atoms with Crippen LogP contribution in [-0.4, -0.2) is 62.7 Å². The quantitative estimate of drug-likeness (QED) is 0.598. The van der Waals surface area contributed by atoms with Crippen LogP contribution in [0, 0.1) is 0 Å². The van der Waals surface area contributed by atoms with E-state index in [1.165, 1.54) is 0 Å². The van der Waals surface area contributed by atoms with Gasteiger partial charge in [-0.3, -0.25) is 0 Å². The number of hydrogen-bond donors (Lipinski definition) is 3. The minimum absolute atomic E-state index is 0.547. The second kappa shape index (κ2) is 4.96. The fourth-order valence-electron chi connectivity index (χ4n) is 1.79. The van der Waals surface area contributed by atoms with Gasteiger partial charge in [0.25, 0.3) is 0 Å². The topological polar surface area (TPSA) is 88.4 Å². The molecule has 2 saturated heterocycles. The fraction of sp³-hybridized carbons (Fsp3) is 1.00. The average Bonchev–Trinajstić information content (AvgIpc) is 2.77. The van der Waals surface area contributed by atoms with E-state index in [9.17, 15) is 10.2 Å².